The quantitative estimate of drug-likeness (QED) is 0.473. The number of pyridine rings is 1. The molecule has 3 heterocycles. The Labute approximate surface area is 217 Å². The van der Waals surface area contributed by atoms with Gasteiger partial charge in [-0.15, -0.1) is 0 Å². The van der Waals surface area contributed by atoms with E-state index in [1.54, 1.807) is 54.6 Å². The minimum Gasteiger partial charge on any atom is -0.486 e. The van der Waals surface area contributed by atoms with Crippen molar-refractivity contribution in [3.05, 3.63) is 88.7 Å². The third-order valence-electron chi connectivity index (χ3n) is 6.99. The predicted molar refractivity (Wildman–Crippen MR) is 141 cm³/mol. The summed E-state index contributed by atoms with van der Waals surface area (Å²) in [5.74, 6) is 0.354. The molecule has 0 radical (unpaired) electrons. The molecule has 2 aliphatic rings. The number of methoxy groups -OCH3 is 1. The highest BCUT2D eigenvalue weighted by Gasteiger charge is 2.38. The molecule has 1 amide bonds. The molecule has 2 atom stereocenters. The van der Waals surface area contributed by atoms with Crippen molar-refractivity contribution in [1.82, 2.24) is 9.88 Å². The number of ether oxygens (including phenoxy) is 2. The van der Waals surface area contributed by atoms with E-state index in [-0.39, 0.29) is 23.9 Å². The van der Waals surface area contributed by atoms with Crippen LogP contribution in [0.5, 0.6) is 5.75 Å². The molecule has 8 nitrogen and oxygen atoms in total. The highest BCUT2D eigenvalue weighted by Crippen LogP contribution is 2.30. The number of rotatable bonds is 7. The fourth-order valence-corrected chi connectivity index (χ4v) is 6.62. The second kappa shape index (κ2) is 10.1. The summed E-state index contributed by atoms with van der Waals surface area (Å²) in [6, 6.07) is 16.5. The van der Waals surface area contributed by atoms with Gasteiger partial charge in [-0.2, -0.15) is 0 Å². The topological polar surface area (TPSA) is 89.0 Å². The number of likely N-dealkylation sites (tertiary alicyclic amines) is 1. The van der Waals surface area contributed by atoms with Crippen molar-refractivity contribution >= 4 is 21.6 Å². The second-order valence-electron chi connectivity index (χ2n) is 9.65. The SMILES string of the molecule is COC1CN(C(=O)c2cc(C)ccc2C)CC1Oc1cccc(CS(=O)(=O)N2CCc3ncccc32)c1. The lowest BCUT2D eigenvalue weighted by molar-refractivity contribution is 0.0339. The number of sulfonamides is 1. The van der Waals surface area contributed by atoms with Crippen LogP contribution in [0.15, 0.2) is 60.8 Å². The number of anilines is 1. The van der Waals surface area contributed by atoms with Crippen LogP contribution in [0.1, 0.15) is 32.7 Å². The van der Waals surface area contributed by atoms with Gasteiger partial charge >= 0.3 is 0 Å². The van der Waals surface area contributed by atoms with E-state index in [1.165, 1.54) is 4.31 Å². The molecule has 9 heteroatoms. The van der Waals surface area contributed by atoms with Crippen molar-refractivity contribution in [2.24, 2.45) is 0 Å². The van der Waals surface area contributed by atoms with Crippen LogP contribution in [0, 0.1) is 13.8 Å². The summed E-state index contributed by atoms with van der Waals surface area (Å²) in [5.41, 5.74) is 4.72. The van der Waals surface area contributed by atoms with Crippen molar-refractivity contribution in [2.45, 2.75) is 38.2 Å². The first-order chi connectivity index (χ1) is 17.7. The van der Waals surface area contributed by atoms with Crippen molar-refractivity contribution in [2.75, 3.05) is 31.0 Å². The number of amides is 1. The van der Waals surface area contributed by atoms with Gasteiger partial charge in [-0.05, 0) is 55.3 Å². The number of carbonyl (C=O) groups excluding carboxylic acids is 1. The van der Waals surface area contributed by atoms with Gasteiger partial charge in [-0.1, -0.05) is 29.8 Å². The van der Waals surface area contributed by atoms with Gasteiger partial charge in [-0.3, -0.25) is 14.1 Å². The Morgan fingerprint density at radius 2 is 1.86 bits per heavy atom. The molecular formula is C28H31N3O5S. The van der Waals surface area contributed by atoms with Crippen LogP contribution in [0.4, 0.5) is 5.69 Å². The van der Waals surface area contributed by atoms with E-state index in [1.807, 2.05) is 32.0 Å². The number of benzene rings is 2. The van der Waals surface area contributed by atoms with Gasteiger partial charge in [0.2, 0.25) is 10.0 Å². The molecule has 0 bridgehead atoms. The van der Waals surface area contributed by atoms with Crippen molar-refractivity contribution in [3.63, 3.8) is 0 Å². The maximum atomic E-state index is 13.2. The molecule has 2 aromatic carbocycles. The molecule has 1 aromatic heterocycles. The Balaban J connectivity index is 1.29. The molecular weight excluding hydrogens is 490 g/mol. The molecule has 2 unspecified atom stereocenters. The predicted octanol–water partition coefficient (Wildman–Crippen LogP) is 3.51. The molecule has 1 saturated heterocycles. The number of carbonyl (C=O) groups is 1. The van der Waals surface area contributed by atoms with Gasteiger partial charge in [0.05, 0.1) is 30.2 Å². The van der Waals surface area contributed by atoms with E-state index in [2.05, 4.69) is 4.98 Å². The number of nitrogens with zero attached hydrogens (tertiary/aromatic N) is 3. The molecule has 0 aliphatic carbocycles. The van der Waals surface area contributed by atoms with Crippen LogP contribution in [-0.4, -0.2) is 63.2 Å². The summed E-state index contributed by atoms with van der Waals surface area (Å²) in [4.78, 5) is 19.3. The molecule has 2 aliphatic heterocycles. The lowest BCUT2D eigenvalue weighted by Gasteiger charge is -2.21. The third-order valence-corrected chi connectivity index (χ3v) is 8.74. The zero-order valence-corrected chi connectivity index (χ0v) is 22.1. The minimum absolute atomic E-state index is 0.0467. The summed E-state index contributed by atoms with van der Waals surface area (Å²) in [7, 11) is -1.97. The first kappa shape index (κ1) is 25.2. The van der Waals surface area contributed by atoms with Crippen LogP contribution in [-0.2, 0) is 26.9 Å². The average molecular weight is 522 g/mol. The van der Waals surface area contributed by atoms with E-state index in [0.717, 1.165) is 16.8 Å². The number of fused-ring (bicyclic) bond motifs is 1. The molecule has 3 aromatic rings. The lowest BCUT2D eigenvalue weighted by atomic mass is 10.0. The number of aryl methyl sites for hydroxylation is 2. The normalized spacial score (nSPS) is 19.2. The Morgan fingerprint density at radius 1 is 1.05 bits per heavy atom. The van der Waals surface area contributed by atoms with Crippen LogP contribution in [0.3, 0.4) is 0 Å². The number of hydrogen-bond donors (Lipinski definition) is 0. The smallest absolute Gasteiger partial charge is 0.254 e. The molecule has 1 fully saturated rings. The zero-order valence-electron chi connectivity index (χ0n) is 21.3. The van der Waals surface area contributed by atoms with E-state index in [0.29, 0.717) is 48.6 Å². The Kier molecular flexibility index (Phi) is 6.92. The Bertz CT molecular complexity index is 1420. The lowest BCUT2D eigenvalue weighted by Crippen LogP contribution is -2.32. The van der Waals surface area contributed by atoms with E-state index >= 15 is 0 Å². The molecule has 0 saturated carbocycles. The van der Waals surface area contributed by atoms with Gasteiger partial charge in [0.25, 0.3) is 5.91 Å². The molecule has 0 spiro atoms. The second-order valence-corrected chi connectivity index (χ2v) is 11.5. The zero-order chi connectivity index (χ0) is 26.2. The Morgan fingerprint density at radius 3 is 2.68 bits per heavy atom. The van der Waals surface area contributed by atoms with E-state index in [4.69, 9.17) is 9.47 Å². The van der Waals surface area contributed by atoms with Crippen LogP contribution >= 0.6 is 0 Å². The van der Waals surface area contributed by atoms with Crippen molar-refractivity contribution in [1.29, 1.82) is 0 Å². The number of aromatic nitrogens is 1. The summed E-state index contributed by atoms with van der Waals surface area (Å²) in [5, 5.41) is 0. The highest BCUT2D eigenvalue weighted by atomic mass is 32.2. The first-order valence-electron chi connectivity index (χ1n) is 12.3. The third kappa shape index (κ3) is 5.19. The standard InChI is InChI=1S/C28H31N3O5S/c1-19-9-10-20(2)23(14-19)28(32)30-16-26(35-3)27(17-30)36-22-7-4-6-21(15-22)18-37(33,34)31-13-11-24-25(31)8-5-12-29-24/h4-10,12,14-15,26-27H,11,13,16-18H2,1-3H3. The van der Waals surface area contributed by atoms with E-state index < -0.39 is 10.0 Å². The molecule has 5 rings (SSSR count). The summed E-state index contributed by atoms with van der Waals surface area (Å²) >= 11 is 0. The van der Waals surface area contributed by atoms with Gasteiger partial charge in [0.15, 0.2) is 0 Å². The molecule has 194 valence electrons. The highest BCUT2D eigenvalue weighted by molar-refractivity contribution is 7.92. The van der Waals surface area contributed by atoms with Gasteiger partial charge in [0.1, 0.15) is 18.0 Å². The van der Waals surface area contributed by atoms with Gasteiger partial charge < -0.3 is 14.4 Å². The molecule has 0 N–H and O–H groups in total. The van der Waals surface area contributed by atoms with Crippen LogP contribution in [0.2, 0.25) is 0 Å². The van der Waals surface area contributed by atoms with Gasteiger partial charge in [0, 0.05) is 31.8 Å². The fourth-order valence-electron chi connectivity index (χ4n) is 5.02. The number of hydrogen-bond acceptors (Lipinski definition) is 6. The fraction of sp³-hybridized carbons (Fsp3) is 0.357. The summed E-state index contributed by atoms with van der Waals surface area (Å²) < 4.78 is 39.8. The van der Waals surface area contributed by atoms with Gasteiger partial charge in [-0.25, -0.2) is 8.42 Å². The maximum absolute atomic E-state index is 13.2. The Hall–Kier alpha value is -3.43. The molecule has 37 heavy (non-hydrogen) atoms. The monoisotopic (exact) mass is 521 g/mol. The average Bonchev–Trinajstić information content (AvgIpc) is 3.50. The summed E-state index contributed by atoms with van der Waals surface area (Å²) in [6.07, 6.45) is 1.62. The summed E-state index contributed by atoms with van der Waals surface area (Å²) in [6.45, 7) is 5.10. The van der Waals surface area contributed by atoms with E-state index in [9.17, 15) is 13.2 Å². The van der Waals surface area contributed by atoms with Crippen LogP contribution < -0.4 is 9.04 Å². The minimum atomic E-state index is -3.58. The first-order valence-corrected chi connectivity index (χ1v) is 14.0. The maximum Gasteiger partial charge on any atom is 0.254 e. The van der Waals surface area contributed by atoms with Crippen molar-refractivity contribution < 1.29 is 22.7 Å². The van der Waals surface area contributed by atoms with Crippen molar-refractivity contribution in [3.8, 4) is 5.75 Å². The van der Waals surface area contributed by atoms with Crippen LogP contribution in [0.25, 0.3) is 0 Å². The largest absolute Gasteiger partial charge is 0.486 e.